The minimum Gasteiger partial charge on any atom is -0.368 e. The lowest BCUT2D eigenvalue weighted by molar-refractivity contribution is -0.137. The average Bonchev–Trinajstić information content (AvgIpc) is 2.56. The van der Waals surface area contributed by atoms with E-state index in [9.17, 15) is 13.2 Å². The van der Waals surface area contributed by atoms with E-state index in [1.807, 2.05) is 18.3 Å². The van der Waals surface area contributed by atoms with E-state index in [0.717, 1.165) is 49.6 Å². The quantitative estimate of drug-likeness (QED) is 0.863. The number of pyridine rings is 1. The van der Waals surface area contributed by atoms with Crippen LogP contribution in [0.3, 0.4) is 0 Å². The minimum absolute atomic E-state index is 0.595. The lowest BCUT2D eigenvalue weighted by Crippen LogP contribution is -2.46. The van der Waals surface area contributed by atoms with Gasteiger partial charge in [0, 0.05) is 38.9 Å². The van der Waals surface area contributed by atoms with Gasteiger partial charge in [-0.05, 0) is 29.8 Å². The number of anilines is 1. The van der Waals surface area contributed by atoms with Crippen molar-refractivity contribution in [1.82, 2.24) is 9.88 Å². The highest BCUT2D eigenvalue weighted by Gasteiger charge is 2.30. The molecule has 1 aromatic carbocycles. The van der Waals surface area contributed by atoms with Crippen molar-refractivity contribution in [2.24, 2.45) is 0 Å². The van der Waals surface area contributed by atoms with Crippen LogP contribution in [-0.4, -0.2) is 36.1 Å². The Labute approximate surface area is 133 Å². The summed E-state index contributed by atoms with van der Waals surface area (Å²) in [7, 11) is 0. The molecular formula is C17H18F3N3. The Morgan fingerprint density at radius 1 is 0.957 bits per heavy atom. The van der Waals surface area contributed by atoms with Gasteiger partial charge in [-0.15, -0.1) is 0 Å². The molecule has 0 radical (unpaired) electrons. The van der Waals surface area contributed by atoms with Crippen molar-refractivity contribution in [3.63, 3.8) is 0 Å². The summed E-state index contributed by atoms with van der Waals surface area (Å²) in [5.41, 5.74) is 1.43. The van der Waals surface area contributed by atoms with Crippen molar-refractivity contribution in [1.29, 1.82) is 0 Å². The number of hydrogen-bond donors (Lipinski definition) is 0. The average molecular weight is 321 g/mol. The molecule has 122 valence electrons. The van der Waals surface area contributed by atoms with Gasteiger partial charge >= 0.3 is 6.18 Å². The van der Waals surface area contributed by atoms with Gasteiger partial charge in [0.25, 0.3) is 0 Å². The van der Waals surface area contributed by atoms with Gasteiger partial charge in [0.2, 0.25) is 0 Å². The van der Waals surface area contributed by atoms with Crippen LogP contribution in [0.4, 0.5) is 18.9 Å². The van der Waals surface area contributed by atoms with E-state index >= 15 is 0 Å². The van der Waals surface area contributed by atoms with Gasteiger partial charge in [0.15, 0.2) is 0 Å². The van der Waals surface area contributed by atoms with Crippen molar-refractivity contribution in [3.8, 4) is 0 Å². The molecule has 0 saturated carbocycles. The molecule has 0 unspecified atom stereocenters. The zero-order valence-electron chi connectivity index (χ0n) is 12.6. The maximum absolute atomic E-state index is 12.6. The number of halogens is 3. The fourth-order valence-corrected chi connectivity index (χ4v) is 2.76. The number of nitrogens with zero attached hydrogens (tertiary/aromatic N) is 3. The first-order valence-corrected chi connectivity index (χ1v) is 7.56. The monoisotopic (exact) mass is 321 g/mol. The first kappa shape index (κ1) is 15.8. The molecule has 0 amide bonds. The molecule has 0 N–H and O–H groups in total. The fourth-order valence-electron chi connectivity index (χ4n) is 2.76. The summed E-state index contributed by atoms with van der Waals surface area (Å²) in [5, 5.41) is 0. The molecule has 1 aliphatic heterocycles. The topological polar surface area (TPSA) is 19.4 Å². The van der Waals surface area contributed by atoms with Crippen LogP contribution in [0.2, 0.25) is 0 Å². The van der Waals surface area contributed by atoms with E-state index < -0.39 is 11.7 Å². The Kier molecular flexibility index (Phi) is 4.52. The van der Waals surface area contributed by atoms with Gasteiger partial charge in [0.05, 0.1) is 17.4 Å². The number of rotatable bonds is 3. The number of piperazine rings is 1. The number of alkyl halides is 3. The van der Waals surface area contributed by atoms with Crippen LogP contribution < -0.4 is 4.90 Å². The molecule has 2 aromatic rings. The third-order valence-electron chi connectivity index (χ3n) is 4.07. The van der Waals surface area contributed by atoms with Crippen molar-refractivity contribution >= 4 is 5.69 Å². The Balaban J connectivity index is 1.55. The molecule has 6 heteroatoms. The van der Waals surface area contributed by atoms with Crippen molar-refractivity contribution in [3.05, 3.63) is 59.9 Å². The molecule has 0 aliphatic carbocycles. The van der Waals surface area contributed by atoms with Gasteiger partial charge in [0.1, 0.15) is 0 Å². The van der Waals surface area contributed by atoms with Gasteiger partial charge in [-0.2, -0.15) is 13.2 Å². The van der Waals surface area contributed by atoms with Crippen LogP contribution in [0, 0.1) is 0 Å². The highest BCUT2D eigenvalue weighted by molar-refractivity contribution is 5.44. The molecule has 3 rings (SSSR count). The lowest BCUT2D eigenvalue weighted by Gasteiger charge is -2.36. The first-order chi connectivity index (χ1) is 11.0. The van der Waals surface area contributed by atoms with Gasteiger partial charge in [-0.3, -0.25) is 9.88 Å². The van der Waals surface area contributed by atoms with Crippen LogP contribution in [-0.2, 0) is 12.7 Å². The van der Waals surface area contributed by atoms with Crippen LogP contribution >= 0.6 is 0 Å². The van der Waals surface area contributed by atoms with Crippen LogP contribution in [0.5, 0.6) is 0 Å². The molecule has 0 atom stereocenters. The second-order valence-corrected chi connectivity index (χ2v) is 5.67. The summed E-state index contributed by atoms with van der Waals surface area (Å²) >= 11 is 0. The zero-order chi connectivity index (χ0) is 16.3. The van der Waals surface area contributed by atoms with E-state index in [1.165, 1.54) is 0 Å². The standard InChI is InChI=1S/C17H18F3N3/c18-17(19,20)15-5-3-14(4-6-15)13-22-8-10-23(11-9-22)16-2-1-7-21-12-16/h1-7,12H,8-11,13H2. The number of benzene rings is 1. The lowest BCUT2D eigenvalue weighted by atomic mass is 10.1. The fraction of sp³-hybridized carbons (Fsp3) is 0.353. The highest BCUT2D eigenvalue weighted by Crippen LogP contribution is 2.29. The van der Waals surface area contributed by atoms with Crippen molar-refractivity contribution in [2.45, 2.75) is 12.7 Å². The largest absolute Gasteiger partial charge is 0.416 e. The molecule has 2 heterocycles. The third kappa shape index (κ3) is 4.01. The van der Waals surface area contributed by atoms with Gasteiger partial charge in [-0.25, -0.2) is 0 Å². The summed E-state index contributed by atoms with van der Waals surface area (Å²) in [6.07, 6.45) is -0.663. The Morgan fingerprint density at radius 2 is 1.65 bits per heavy atom. The molecule has 1 saturated heterocycles. The Bertz CT molecular complexity index is 618. The third-order valence-corrected chi connectivity index (χ3v) is 4.07. The van der Waals surface area contributed by atoms with Crippen LogP contribution in [0.25, 0.3) is 0 Å². The Hall–Kier alpha value is -2.08. The van der Waals surface area contributed by atoms with E-state index in [2.05, 4.69) is 14.8 Å². The molecule has 1 aromatic heterocycles. The maximum atomic E-state index is 12.6. The summed E-state index contributed by atoms with van der Waals surface area (Å²) in [6, 6.07) is 9.40. The summed E-state index contributed by atoms with van der Waals surface area (Å²) in [6.45, 7) is 4.24. The van der Waals surface area contributed by atoms with Crippen molar-refractivity contribution in [2.75, 3.05) is 31.1 Å². The molecule has 1 fully saturated rings. The second kappa shape index (κ2) is 6.58. The van der Waals surface area contributed by atoms with Crippen molar-refractivity contribution < 1.29 is 13.2 Å². The number of hydrogen-bond acceptors (Lipinski definition) is 3. The summed E-state index contributed by atoms with van der Waals surface area (Å²) < 4.78 is 37.7. The van der Waals surface area contributed by atoms with E-state index in [-0.39, 0.29) is 0 Å². The zero-order valence-corrected chi connectivity index (χ0v) is 12.6. The molecule has 23 heavy (non-hydrogen) atoms. The van der Waals surface area contributed by atoms with E-state index in [0.29, 0.717) is 6.54 Å². The summed E-state index contributed by atoms with van der Waals surface area (Å²) in [5.74, 6) is 0. The summed E-state index contributed by atoms with van der Waals surface area (Å²) in [4.78, 5) is 8.66. The second-order valence-electron chi connectivity index (χ2n) is 5.67. The smallest absolute Gasteiger partial charge is 0.368 e. The first-order valence-electron chi connectivity index (χ1n) is 7.56. The van der Waals surface area contributed by atoms with Crippen LogP contribution in [0.1, 0.15) is 11.1 Å². The highest BCUT2D eigenvalue weighted by atomic mass is 19.4. The molecule has 3 nitrogen and oxygen atoms in total. The van der Waals surface area contributed by atoms with Crippen LogP contribution in [0.15, 0.2) is 48.8 Å². The SMILES string of the molecule is FC(F)(F)c1ccc(CN2CCN(c3cccnc3)CC2)cc1. The maximum Gasteiger partial charge on any atom is 0.416 e. The predicted molar refractivity (Wildman–Crippen MR) is 83.2 cm³/mol. The predicted octanol–water partition coefficient (Wildman–Crippen LogP) is 3.42. The molecule has 0 spiro atoms. The Morgan fingerprint density at radius 3 is 2.22 bits per heavy atom. The van der Waals surface area contributed by atoms with E-state index in [4.69, 9.17) is 0 Å². The molecular weight excluding hydrogens is 303 g/mol. The molecule has 0 bridgehead atoms. The van der Waals surface area contributed by atoms with E-state index in [1.54, 1.807) is 18.3 Å². The normalized spacial score (nSPS) is 16.6. The number of aromatic nitrogens is 1. The minimum atomic E-state index is -4.27. The molecule has 1 aliphatic rings. The van der Waals surface area contributed by atoms with Gasteiger partial charge in [-0.1, -0.05) is 12.1 Å². The van der Waals surface area contributed by atoms with Gasteiger partial charge < -0.3 is 4.90 Å².